The Morgan fingerprint density at radius 3 is 2.62 bits per heavy atom. The van der Waals surface area contributed by atoms with Crippen molar-refractivity contribution in [1.82, 2.24) is 14.9 Å². The van der Waals surface area contributed by atoms with Gasteiger partial charge in [-0.1, -0.05) is 29.8 Å². The van der Waals surface area contributed by atoms with Crippen molar-refractivity contribution < 1.29 is 18.7 Å². The maximum Gasteiger partial charge on any atom is 0.223 e. The number of oxazole rings is 1. The van der Waals surface area contributed by atoms with Gasteiger partial charge in [0.05, 0.1) is 25.5 Å². The Kier molecular flexibility index (Phi) is 7.96. The van der Waals surface area contributed by atoms with Gasteiger partial charge in [-0.3, -0.25) is 9.78 Å². The van der Waals surface area contributed by atoms with Crippen LogP contribution in [0.3, 0.4) is 0 Å². The van der Waals surface area contributed by atoms with Gasteiger partial charge < -0.3 is 18.8 Å². The standard InChI is InChI=1S/C32H35N3O4/c1-21-5-9-27(22(2)15-21)32-28-17-30(39-14-12-24-7-6-23(3)33-18-24)29(37-4)16-25(28)11-13-35(32)31(36)10-8-26-19-38-20-34-26/h5-7,9,15-20,32H,8,10-14H2,1-4H3. The molecule has 0 N–H and O–H groups in total. The van der Waals surface area contributed by atoms with Gasteiger partial charge >= 0.3 is 0 Å². The number of hydrogen-bond acceptors (Lipinski definition) is 6. The second-order valence-electron chi connectivity index (χ2n) is 10.2. The van der Waals surface area contributed by atoms with E-state index in [0.29, 0.717) is 37.5 Å². The lowest BCUT2D eigenvalue weighted by Gasteiger charge is -2.39. The van der Waals surface area contributed by atoms with Gasteiger partial charge in [0, 0.05) is 37.7 Å². The van der Waals surface area contributed by atoms with Crippen LogP contribution < -0.4 is 9.47 Å². The minimum atomic E-state index is -0.214. The number of fused-ring (bicyclic) bond motifs is 1. The van der Waals surface area contributed by atoms with E-state index in [0.717, 1.165) is 46.5 Å². The predicted molar refractivity (Wildman–Crippen MR) is 149 cm³/mol. The highest BCUT2D eigenvalue weighted by Crippen LogP contribution is 2.42. The number of carbonyl (C=O) groups excluding carboxylic acids is 1. The van der Waals surface area contributed by atoms with Crippen molar-refractivity contribution in [3.63, 3.8) is 0 Å². The quantitative estimate of drug-likeness (QED) is 0.278. The van der Waals surface area contributed by atoms with Crippen molar-refractivity contribution in [2.75, 3.05) is 20.3 Å². The molecule has 0 fully saturated rings. The fraction of sp³-hybridized carbons (Fsp3) is 0.344. The second kappa shape index (κ2) is 11.7. The molecule has 1 unspecified atom stereocenters. The maximum absolute atomic E-state index is 13.6. The molecule has 7 nitrogen and oxygen atoms in total. The lowest BCUT2D eigenvalue weighted by molar-refractivity contribution is -0.133. The first kappa shape index (κ1) is 26.5. The van der Waals surface area contributed by atoms with E-state index in [1.165, 1.54) is 17.5 Å². The van der Waals surface area contributed by atoms with Crippen molar-refractivity contribution in [2.24, 2.45) is 0 Å². The molecule has 0 saturated carbocycles. The third kappa shape index (κ3) is 5.98. The average Bonchev–Trinajstić information content (AvgIpc) is 3.46. The molecule has 0 bridgehead atoms. The molecule has 0 radical (unpaired) electrons. The number of pyridine rings is 1. The number of ether oxygens (including phenoxy) is 2. The van der Waals surface area contributed by atoms with Crippen LogP contribution in [-0.2, 0) is 24.1 Å². The summed E-state index contributed by atoms with van der Waals surface area (Å²) in [5.74, 6) is 1.49. The Bertz CT molecular complexity index is 1430. The molecule has 0 spiro atoms. The molecule has 39 heavy (non-hydrogen) atoms. The summed E-state index contributed by atoms with van der Waals surface area (Å²) in [6.07, 6.45) is 7.29. The lowest BCUT2D eigenvalue weighted by atomic mass is 9.85. The zero-order chi connectivity index (χ0) is 27.4. The zero-order valence-corrected chi connectivity index (χ0v) is 23.1. The van der Waals surface area contributed by atoms with Crippen LogP contribution in [0.25, 0.3) is 0 Å². The first-order valence-corrected chi connectivity index (χ1v) is 13.4. The number of nitrogens with zero attached hydrogens (tertiary/aromatic N) is 3. The van der Waals surface area contributed by atoms with E-state index in [2.05, 4.69) is 60.2 Å². The van der Waals surface area contributed by atoms with Gasteiger partial charge in [-0.2, -0.15) is 0 Å². The third-order valence-corrected chi connectivity index (χ3v) is 7.39. The topological polar surface area (TPSA) is 77.7 Å². The van der Waals surface area contributed by atoms with Crippen LogP contribution in [0.15, 0.2) is 65.7 Å². The van der Waals surface area contributed by atoms with Crippen LogP contribution in [0.5, 0.6) is 11.5 Å². The molecular weight excluding hydrogens is 490 g/mol. The number of benzene rings is 2. The molecule has 1 amide bonds. The highest BCUT2D eigenvalue weighted by Gasteiger charge is 2.34. The van der Waals surface area contributed by atoms with E-state index in [-0.39, 0.29) is 11.9 Å². The fourth-order valence-corrected chi connectivity index (χ4v) is 5.30. The molecule has 2 aromatic heterocycles. The lowest BCUT2D eigenvalue weighted by Crippen LogP contribution is -2.41. The number of methoxy groups -OCH3 is 1. The van der Waals surface area contributed by atoms with Crippen molar-refractivity contribution in [3.8, 4) is 11.5 Å². The van der Waals surface area contributed by atoms with Gasteiger partial charge in [-0.25, -0.2) is 4.98 Å². The van der Waals surface area contributed by atoms with Crippen LogP contribution in [0.1, 0.15) is 57.2 Å². The number of aryl methyl sites for hydroxylation is 4. The van der Waals surface area contributed by atoms with Gasteiger partial charge in [0.2, 0.25) is 5.91 Å². The van der Waals surface area contributed by atoms with E-state index in [4.69, 9.17) is 13.9 Å². The van der Waals surface area contributed by atoms with Crippen LogP contribution in [0, 0.1) is 20.8 Å². The van der Waals surface area contributed by atoms with Gasteiger partial charge in [-0.15, -0.1) is 0 Å². The molecule has 3 heterocycles. The van der Waals surface area contributed by atoms with Crippen LogP contribution in [0.2, 0.25) is 0 Å². The minimum absolute atomic E-state index is 0.0961. The van der Waals surface area contributed by atoms with Gasteiger partial charge in [0.1, 0.15) is 6.26 Å². The summed E-state index contributed by atoms with van der Waals surface area (Å²) >= 11 is 0. The average molecular weight is 526 g/mol. The molecule has 4 aromatic rings. The van der Waals surface area contributed by atoms with Crippen LogP contribution >= 0.6 is 0 Å². The third-order valence-electron chi connectivity index (χ3n) is 7.39. The Morgan fingerprint density at radius 2 is 1.90 bits per heavy atom. The summed E-state index contributed by atoms with van der Waals surface area (Å²) in [5, 5.41) is 0. The monoisotopic (exact) mass is 525 g/mol. The Hall–Kier alpha value is -4.13. The highest BCUT2D eigenvalue weighted by molar-refractivity contribution is 5.78. The van der Waals surface area contributed by atoms with E-state index in [1.54, 1.807) is 13.4 Å². The molecular formula is C32H35N3O4. The number of hydrogen-bond donors (Lipinski definition) is 0. The summed E-state index contributed by atoms with van der Waals surface area (Å²) < 4.78 is 17.1. The first-order chi connectivity index (χ1) is 18.9. The van der Waals surface area contributed by atoms with Crippen molar-refractivity contribution >= 4 is 5.91 Å². The Labute approximate surface area is 229 Å². The largest absolute Gasteiger partial charge is 0.493 e. The van der Waals surface area contributed by atoms with E-state index >= 15 is 0 Å². The van der Waals surface area contributed by atoms with E-state index < -0.39 is 0 Å². The number of rotatable bonds is 9. The molecule has 202 valence electrons. The molecule has 1 atom stereocenters. The molecule has 1 aliphatic heterocycles. The van der Waals surface area contributed by atoms with E-state index in [9.17, 15) is 4.79 Å². The molecule has 7 heteroatoms. The highest BCUT2D eigenvalue weighted by atomic mass is 16.5. The number of aromatic nitrogens is 2. The maximum atomic E-state index is 13.6. The molecule has 0 aliphatic carbocycles. The summed E-state index contributed by atoms with van der Waals surface area (Å²) in [6, 6.07) is 14.5. The smallest absolute Gasteiger partial charge is 0.223 e. The van der Waals surface area contributed by atoms with Gasteiger partial charge in [0.25, 0.3) is 0 Å². The van der Waals surface area contributed by atoms with Crippen molar-refractivity contribution in [3.05, 3.63) is 106 Å². The van der Waals surface area contributed by atoms with Crippen LogP contribution in [-0.4, -0.2) is 41.0 Å². The summed E-state index contributed by atoms with van der Waals surface area (Å²) in [6.45, 7) is 7.31. The molecule has 0 saturated heterocycles. The summed E-state index contributed by atoms with van der Waals surface area (Å²) in [5.41, 5.74) is 8.63. The normalized spacial score (nSPS) is 14.7. The predicted octanol–water partition coefficient (Wildman–Crippen LogP) is 5.73. The number of amides is 1. The molecule has 2 aromatic carbocycles. The molecule has 1 aliphatic rings. The summed E-state index contributed by atoms with van der Waals surface area (Å²) in [7, 11) is 1.67. The second-order valence-corrected chi connectivity index (χ2v) is 10.2. The van der Waals surface area contributed by atoms with E-state index in [1.807, 2.05) is 24.1 Å². The van der Waals surface area contributed by atoms with Crippen LogP contribution in [0.4, 0.5) is 0 Å². The zero-order valence-electron chi connectivity index (χ0n) is 23.1. The first-order valence-electron chi connectivity index (χ1n) is 13.4. The van der Waals surface area contributed by atoms with Gasteiger partial charge in [-0.05, 0) is 73.2 Å². The SMILES string of the molecule is COc1cc2c(cc1OCCc1ccc(C)nc1)C(c1ccc(C)cc1C)N(C(=O)CCc1cocn1)CC2. The Balaban J connectivity index is 1.46. The minimum Gasteiger partial charge on any atom is -0.493 e. The van der Waals surface area contributed by atoms with Crippen molar-refractivity contribution in [2.45, 2.75) is 52.5 Å². The van der Waals surface area contributed by atoms with Crippen molar-refractivity contribution in [1.29, 1.82) is 0 Å². The number of carbonyl (C=O) groups is 1. The summed E-state index contributed by atoms with van der Waals surface area (Å²) in [4.78, 5) is 24.2. The van der Waals surface area contributed by atoms with Gasteiger partial charge in [0.15, 0.2) is 17.9 Å². The Morgan fingerprint density at radius 1 is 1.03 bits per heavy atom. The fourth-order valence-electron chi connectivity index (χ4n) is 5.30. The molecule has 5 rings (SSSR count).